The Bertz CT molecular complexity index is 1140. The van der Waals surface area contributed by atoms with Crippen molar-refractivity contribution in [3.8, 4) is 5.75 Å². The van der Waals surface area contributed by atoms with Gasteiger partial charge in [-0.05, 0) is 48.5 Å². The van der Waals surface area contributed by atoms with E-state index in [0.29, 0.717) is 17.1 Å². The first-order valence-corrected chi connectivity index (χ1v) is 11.0. The highest BCUT2D eigenvalue weighted by Crippen LogP contribution is 2.30. The maximum atomic E-state index is 13.3. The standard InChI is InChI=1S/C21H18Cl2N2O4S/c1-29-16-12-10-15(11-13-16)25(30(27,28)17-6-3-2-4-7-17)14-20(26)24-19-9-5-8-18(22)21(19)23/h2-13H,14H2,1H3,(H,24,26). The number of nitrogens with one attached hydrogen (secondary N) is 1. The predicted octanol–water partition coefficient (Wildman–Crippen LogP) is 4.84. The van der Waals surface area contributed by atoms with Crippen LogP contribution in [0.5, 0.6) is 5.75 Å². The van der Waals surface area contributed by atoms with Gasteiger partial charge in [-0.25, -0.2) is 8.42 Å². The van der Waals surface area contributed by atoms with E-state index < -0.39 is 22.5 Å². The van der Waals surface area contributed by atoms with Crippen LogP contribution < -0.4 is 14.4 Å². The Kier molecular flexibility index (Phi) is 6.87. The van der Waals surface area contributed by atoms with Gasteiger partial charge >= 0.3 is 0 Å². The molecule has 0 heterocycles. The molecule has 0 atom stereocenters. The summed E-state index contributed by atoms with van der Waals surface area (Å²) >= 11 is 12.1. The number of amides is 1. The van der Waals surface area contributed by atoms with Crippen LogP contribution in [0.1, 0.15) is 0 Å². The van der Waals surface area contributed by atoms with Crippen LogP contribution >= 0.6 is 23.2 Å². The largest absolute Gasteiger partial charge is 0.497 e. The summed E-state index contributed by atoms with van der Waals surface area (Å²) in [5.41, 5.74) is 0.605. The van der Waals surface area contributed by atoms with Crippen LogP contribution in [-0.2, 0) is 14.8 Å². The van der Waals surface area contributed by atoms with Crippen molar-refractivity contribution in [2.24, 2.45) is 0 Å². The molecule has 0 aromatic heterocycles. The van der Waals surface area contributed by atoms with Gasteiger partial charge < -0.3 is 10.1 Å². The summed E-state index contributed by atoms with van der Waals surface area (Å²) in [6.07, 6.45) is 0. The molecule has 9 heteroatoms. The molecule has 0 unspecified atom stereocenters. The molecule has 30 heavy (non-hydrogen) atoms. The first-order valence-electron chi connectivity index (χ1n) is 8.78. The van der Waals surface area contributed by atoms with Crippen LogP contribution in [0.3, 0.4) is 0 Å². The molecule has 0 aliphatic heterocycles. The molecule has 0 spiro atoms. The van der Waals surface area contributed by atoms with Gasteiger partial charge in [0, 0.05) is 0 Å². The van der Waals surface area contributed by atoms with Crippen molar-refractivity contribution in [1.82, 2.24) is 0 Å². The van der Waals surface area contributed by atoms with Crippen molar-refractivity contribution in [2.75, 3.05) is 23.3 Å². The number of rotatable bonds is 7. The number of ether oxygens (including phenoxy) is 1. The average Bonchev–Trinajstić information content (AvgIpc) is 2.76. The Labute approximate surface area is 185 Å². The molecule has 0 bridgehead atoms. The van der Waals surface area contributed by atoms with Gasteiger partial charge in [0.25, 0.3) is 10.0 Å². The lowest BCUT2D eigenvalue weighted by Gasteiger charge is -2.24. The van der Waals surface area contributed by atoms with E-state index in [4.69, 9.17) is 27.9 Å². The van der Waals surface area contributed by atoms with Crippen LogP contribution in [0.15, 0.2) is 77.7 Å². The average molecular weight is 465 g/mol. The van der Waals surface area contributed by atoms with E-state index in [9.17, 15) is 13.2 Å². The maximum absolute atomic E-state index is 13.3. The number of carbonyl (C=O) groups is 1. The third-order valence-corrected chi connectivity index (χ3v) is 6.81. The van der Waals surface area contributed by atoms with Crippen LogP contribution in [0.2, 0.25) is 10.0 Å². The number of sulfonamides is 1. The number of hydrogen-bond acceptors (Lipinski definition) is 4. The summed E-state index contributed by atoms with van der Waals surface area (Å²) < 4.78 is 32.7. The smallest absolute Gasteiger partial charge is 0.264 e. The molecule has 3 aromatic carbocycles. The minimum atomic E-state index is -4.01. The summed E-state index contributed by atoms with van der Waals surface area (Å²) in [5, 5.41) is 3.06. The summed E-state index contributed by atoms with van der Waals surface area (Å²) in [6.45, 7) is -0.466. The van der Waals surface area contributed by atoms with E-state index in [2.05, 4.69) is 5.32 Å². The number of benzene rings is 3. The van der Waals surface area contributed by atoms with Gasteiger partial charge in [-0.1, -0.05) is 47.5 Å². The lowest BCUT2D eigenvalue weighted by molar-refractivity contribution is -0.114. The van der Waals surface area contributed by atoms with Gasteiger partial charge in [-0.3, -0.25) is 9.10 Å². The minimum Gasteiger partial charge on any atom is -0.497 e. The second-order valence-electron chi connectivity index (χ2n) is 6.17. The normalized spacial score (nSPS) is 11.0. The quantitative estimate of drug-likeness (QED) is 0.542. The molecule has 3 aromatic rings. The van der Waals surface area contributed by atoms with E-state index in [0.717, 1.165) is 4.31 Å². The maximum Gasteiger partial charge on any atom is 0.264 e. The van der Waals surface area contributed by atoms with Crippen LogP contribution in [0.25, 0.3) is 0 Å². The molecule has 3 rings (SSSR count). The van der Waals surface area contributed by atoms with E-state index >= 15 is 0 Å². The second-order valence-corrected chi connectivity index (χ2v) is 8.82. The zero-order chi connectivity index (χ0) is 21.7. The third kappa shape index (κ3) is 4.87. The number of nitrogens with zero attached hydrogens (tertiary/aromatic N) is 1. The first-order chi connectivity index (χ1) is 14.3. The third-order valence-electron chi connectivity index (χ3n) is 4.20. The van der Waals surface area contributed by atoms with Crippen molar-refractivity contribution < 1.29 is 17.9 Å². The Morgan fingerprint density at radius 3 is 2.27 bits per heavy atom. The zero-order valence-electron chi connectivity index (χ0n) is 15.9. The van der Waals surface area contributed by atoms with Crippen molar-refractivity contribution in [3.05, 3.63) is 82.8 Å². The highest BCUT2D eigenvalue weighted by molar-refractivity contribution is 7.92. The summed E-state index contributed by atoms with van der Waals surface area (Å²) in [4.78, 5) is 12.8. The van der Waals surface area contributed by atoms with Crippen LogP contribution in [0.4, 0.5) is 11.4 Å². The molecule has 1 N–H and O–H groups in total. The molecular formula is C21H18Cl2N2O4S. The SMILES string of the molecule is COc1ccc(N(CC(=O)Nc2cccc(Cl)c2Cl)S(=O)(=O)c2ccccc2)cc1. The number of anilines is 2. The van der Waals surface area contributed by atoms with Gasteiger partial charge in [-0.15, -0.1) is 0 Å². The summed E-state index contributed by atoms with van der Waals surface area (Å²) in [5.74, 6) is -0.0135. The Morgan fingerprint density at radius 1 is 0.967 bits per heavy atom. The van der Waals surface area contributed by atoms with Gasteiger partial charge in [0.15, 0.2) is 0 Å². The van der Waals surface area contributed by atoms with Crippen LogP contribution in [0, 0.1) is 0 Å². The van der Waals surface area contributed by atoms with Crippen molar-refractivity contribution in [2.45, 2.75) is 4.90 Å². The molecule has 0 aliphatic rings. The predicted molar refractivity (Wildman–Crippen MR) is 119 cm³/mol. The fourth-order valence-corrected chi connectivity index (χ4v) is 4.49. The first kappa shape index (κ1) is 22.0. The van der Waals surface area contributed by atoms with Gasteiger partial charge in [0.2, 0.25) is 5.91 Å². The van der Waals surface area contributed by atoms with Gasteiger partial charge in [-0.2, -0.15) is 0 Å². The fraction of sp³-hybridized carbons (Fsp3) is 0.0952. The second kappa shape index (κ2) is 9.38. The Balaban J connectivity index is 1.94. The molecule has 1 amide bonds. The lowest BCUT2D eigenvalue weighted by Crippen LogP contribution is -2.38. The van der Waals surface area contributed by atoms with Crippen molar-refractivity contribution >= 4 is 50.5 Å². The Morgan fingerprint density at radius 2 is 1.63 bits per heavy atom. The molecule has 0 fully saturated rings. The number of halogens is 2. The molecular weight excluding hydrogens is 447 g/mol. The summed E-state index contributed by atoms with van der Waals surface area (Å²) in [6, 6.07) is 19.1. The molecule has 0 radical (unpaired) electrons. The van der Waals surface area contributed by atoms with E-state index in [1.54, 1.807) is 60.7 Å². The van der Waals surface area contributed by atoms with Gasteiger partial charge in [0.05, 0.1) is 33.4 Å². The number of carbonyl (C=O) groups excluding carboxylic acids is 1. The summed E-state index contributed by atoms with van der Waals surface area (Å²) in [7, 11) is -2.50. The molecule has 156 valence electrons. The lowest BCUT2D eigenvalue weighted by atomic mass is 10.3. The topological polar surface area (TPSA) is 75.7 Å². The monoisotopic (exact) mass is 464 g/mol. The Hall–Kier alpha value is -2.74. The van der Waals surface area contributed by atoms with Crippen molar-refractivity contribution in [1.29, 1.82) is 0 Å². The zero-order valence-corrected chi connectivity index (χ0v) is 18.2. The number of hydrogen-bond donors (Lipinski definition) is 1. The molecule has 6 nitrogen and oxygen atoms in total. The number of methoxy groups -OCH3 is 1. The van der Waals surface area contributed by atoms with Gasteiger partial charge in [0.1, 0.15) is 12.3 Å². The minimum absolute atomic E-state index is 0.0643. The van der Waals surface area contributed by atoms with E-state index in [1.165, 1.54) is 19.2 Å². The molecule has 0 aliphatic carbocycles. The van der Waals surface area contributed by atoms with E-state index in [-0.39, 0.29) is 14.9 Å². The fourth-order valence-electron chi connectivity index (χ4n) is 2.70. The highest BCUT2D eigenvalue weighted by atomic mass is 35.5. The molecule has 0 saturated heterocycles. The van der Waals surface area contributed by atoms with E-state index in [1.807, 2.05) is 0 Å². The van der Waals surface area contributed by atoms with Crippen LogP contribution in [-0.4, -0.2) is 28.0 Å². The highest BCUT2D eigenvalue weighted by Gasteiger charge is 2.27. The van der Waals surface area contributed by atoms with Crippen molar-refractivity contribution in [3.63, 3.8) is 0 Å². The molecule has 0 saturated carbocycles.